The molecule has 1 amide bonds. The van der Waals surface area contributed by atoms with Crippen molar-refractivity contribution >= 4 is 5.91 Å². The minimum atomic E-state index is -0.288. The van der Waals surface area contributed by atoms with Crippen molar-refractivity contribution in [3.8, 4) is 0 Å². The SMILES string of the molecule is NC(=O)C/C=C/Cc1ccccc1. The summed E-state index contributed by atoms with van der Waals surface area (Å²) in [6.45, 7) is 0. The van der Waals surface area contributed by atoms with Gasteiger partial charge in [0.05, 0.1) is 0 Å². The van der Waals surface area contributed by atoms with E-state index < -0.39 is 0 Å². The van der Waals surface area contributed by atoms with Crippen LogP contribution < -0.4 is 5.73 Å². The second-order valence-electron chi connectivity index (χ2n) is 2.83. The summed E-state index contributed by atoms with van der Waals surface area (Å²) in [5, 5.41) is 0. The largest absolute Gasteiger partial charge is 0.369 e. The summed E-state index contributed by atoms with van der Waals surface area (Å²) in [4.78, 5) is 10.4. The van der Waals surface area contributed by atoms with Gasteiger partial charge in [-0.3, -0.25) is 4.79 Å². The molecule has 0 atom stereocenters. The molecule has 0 aromatic heterocycles. The molecule has 0 fully saturated rings. The van der Waals surface area contributed by atoms with Gasteiger partial charge in [-0.2, -0.15) is 0 Å². The second-order valence-corrected chi connectivity index (χ2v) is 2.83. The third-order valence-electron chi connectivity index (χ3n) is 1.68. The number of hydrogen-bond donors (Lipinski definition) is 1. The zero-order chi connectivity index (χ0) is 9.52. The molecule has 0 unspecified atom stereocenters. The maximum Gasteiger partial charge on any atom is 0.221 e. The first-order valence-electron chi connectivity index (χ1n) is 4.26. The predicted octanol–water partition coefficient (Wildman–Crippen LogP) is 1.66. The van der Waals surface area contributed by atoms with E-state index in [1.165, 1.54) is 5.56 Å². The molecule has 0 radical (unpaired) electrons. The van der Waals surface area contributed by atoms with Crippen LogP contribution >= 0.6 is 0 Å². The first-order valence-corrected chi connectivity index (χ1v) is 4.26. The molecule has 68 valence electrons. The molecule has 0 spiro atoms. The molecule has 0 heterocycles. The van der Waals surface area contributed by atoms with E-state index in [1.54, 1.807) is 6.08 Å². The zero-order valence-corrected chi connectivity index (χ0v) is 7.44. The fourth-order valence-electron chi connectivity index (χ4n) is 1.03. The van der Waals surface area contributed by atoms with E-state index in [4.69, 9.17) is 5.73 Å². The summed E-state index contributed by atoms with van der Waals surface area (Å²) in [5.41, 5.74) is 6.22. The number of amides is 1. The Bertz CT molecular complexity index is 290. The molecule has 1 aromatic carbocycles. The average molecular weight is 175 g/mol. The van der Waals surface area contributed by atoms with Crippen LogP contribution in [0, 0.1) is 0 Å². The van der Waals surface area contributed by atoms with Crippen LogP contribution in [0.2, 0.25) is 0 Å². The third-order valence-corrected chi connectivity index (χ3v) is 1.68. The van der Waals surface area contributed by atoms with Gasteiger partial charge in [0, 0.05) is 6.42 Å². The Morgan fingerprint density at radius 3 is 2.54 bits per heavy atom. The molecule has 0 saturated carbocycles. The van der Waals surface area contributed by atoms with E-state index in [0.717, 1.165) is 6.42 Å². The number of nitrogens with two attached hydrogens (primary N) is 1. The Balaban J connectivity index is 2.35. The van der Waals surface area contributed by atoms with Gasteiger partial charge in [0.1, 0.15) is 0 Å². The molecule has 2 N–H and O–H groups in total. The Hall–Kier alpha value is -1.57. The van der Waals surface area contributed by atoms with Crippen molar-refractivity contribution in [2.24, 2.45) is 5.73 Å². The fourth-order valence-corrected chi connectivity index (χ4v) is 1.03. The molecule has 0 bridgehead atoms. The van der Waals surface area contributed by atoms with Gasteiger partial charge >= 0.3 is 0 Å². The van der Waals surface area contributed by atoms with Crippen molar-refractivity contribution in [3.05, 3.63) is 48.0 Å². The highest BCUT2D eigenvalue weighted by Gasteiger charge is 1.88. The first kappa shape index (κ1) is 9.52. The van der Waals surface area contributed by atoms with Gasteiger partial charge in [-0.1, -0.05) is 42.5 Å². The topological polar surface area (TPSA) is 43.1 Å². The average Bonchev–Trinajstić information content (AvgIpc) is 2.14. The fraction of sp³-hybridized carbons (Fsp3) is 0.182. The van der Waals surface area contributed by atoms with Gasteiger partial charge in [-0.15, -0.1) is 0 Å². The quantitative estimate of drug-likeness (QED) is 0.695. The van der Waals surface area contributed by atoms with E-state index in [2.05, 4.69) is 12.1 Å². The van der Waals surface area contributed by atoms with Crippen LogP contribution in [0.25, 0.3) is 0 Å². The van der Waals surface area contributed by atoms with Crippen molar-refractivity contribution in [1.29, 1.82) is 0 Å². The van der Waals surface area contributed by atoms with E-state index in [9.17, 15) is 4.79 Å². The molecule has 1 aromatic rings. The van der Waals surface area contributed by atoms with Gasteiger partial charge in [0.2, 0.25) is 5.91 Å². The smallest absolute Gasteiger partial charge is 0.221 e. The molecule has 2 heteroatoms. The summed E-state index contributed by atoms with van der Waals surface area (Å²) in [6, 6.07) is 10.1. The van der Waals surface area contributed by atoms with E-state index in [1.807, 2.05) is 24.3 Å². The lowest BCUT2D eigenvalue weighted by Crippen LogP contribution is -2.07. The summed E-state index contributed by atoms with van der Waals surface area (Å²) in [6.07, 6.45) is 4.94. The van der Waals surface area contributed by atoms with Crippen molar-refractivity contribution in [1.82, 2.24) is 0 Å². The molecule has 13 heavy (non-hydrogen) atoms. The van der Waals surface area contributed by atoms with Crippen LogP contribution in [0.1, 0.15) is 12.0 Å². The van der Waals surface area contributed by atoms with E-state index >= 15 is 0 Å². The number of rotatable bonds is 4. The maximum atomic E-state index is 10.4. The Morgan fingerprint density at radius 1 is 1.23 bits per heavy atom. The number of primary amides is 1. The van der Waals surface area contributed by atoms with E-state index in [0.29, 0.717) is 6.42 Å². The molecule has 0 aliphatic rings. The van der Waals surface area contributed by atoms with Gasteiger partial charge in [-0.25, -0.2) is 0 Å². The van der Waals surface area contributed by atoms with Crippen molar-refractivity contribution in [2.45, 2.75) is 12.8 Å². The number of benzene rings is 1. The van der Waals surface area contributed by atoms with Crippen LogP contribution in [-0.2, 0) is 11.2 Å². The van der Waals surface area contributed by atoms with Crippen LogP contribution in [0.3, 0.4) is 0 Å². The minimum Gasteiger partial charge on any atom is -0.369 e. The number of carbonyl (C=O) groups is 1. The predicted molar refractivity (Wildman–Crippen MR) is 53.1 cm³/mol. The van der Waals surface area contributed by atoms with Gasteiger partial charge in [0.25, 0.3) is 0 Å². The van der Waals surface area contributed by atoms with Gasteiger partial charge in [-0.05, 0) is 12.0 Å². The van der Waals surface area contributed by atoms with Crippen LogP contribution in [-0.4, -0.2) is 5.91 Å². The molecular formula is C11H13NO. The minimum absolute atomic E-state index is 0.288. The lowest BCUT2D eigenvalue weighted by molar-refractivity contribution is -0.117. The standard InChI is InChI=1S/C11H13NO/c12-11(13)9-5-4-8-10-6-2-1-3-7-10/h1-7H,8-9H2,(H2,12,13)/b5-4+. The summed E-state index contributed by atoms with van der Waals surface area (Å²) >= 11 is 0. The van der Waals surface area contributed by atoms with Crippen molar-refractivity contribution in [3.63, 3.8) is 0 Å². The Labute approximate surface area is 78.1 Å². The molecule has 0 aliphatic heterocycles. The van der Waals surface area contributed by atoms with E-state index in [-0.39, 0.29) is 5.91 Å². The molecule has 2 nitrogen and oxygen atoms in total. The van der Waals surface area contributed by atoms with Crippen LogP contribution in [0.15, 0.2) is 42.5 Å². The summed E-state index contributed by atoms with van der Waals surface area (Å²) < 4.78 is 0. The Kier molecular flexibility index (Phi) is 3.76. The molecule has 0 aliphatic carbocycles. The lowest BCUT2D eigenvalue weighted by Gasteiger charge is -1.93. The second kappa shape index (κ2) is 5.14. The summed E-state index contributed by atoms with van der Waals surface area (Å²) in [7, 11) is 0. The zero-order valence-electron chi connectivity index (χ0n) is 7.44. The Morgan fingerprint density at radius 2 is 1.92 bits per heavy atom. The highest BCUT2D eigenvalue weighted by molar-refractivity contribution is 5.75. The highest BCUT2D eigenvalue weighted by atomic mass is 16.1. The lowest BCUT2D eigenvalue weighted by atomic mass is 10.1. The third kappa shape index (κ3) is 4.11. The van der Waals surface area contributed by atoms with Gasteiger partial charge in [0.15, 0.2) is 0 Å². The van der Waals surface area contributed by atoms with Gasteiger partial charge < -0.3 is 5.73 Å². The monoisotopic (exact) mass is 175 g/mol. The maximum absolute atomic E-state index is 10.4. The van der Waals surface area contributed by atoms with Crippen LogP contribution in [0.5, 0.6) is 0 Å². The number of carbonyl (C=O) groups excluding carboxylic acids is 1. The van der Waals surface area contributed by atoms with Crippen LogP contribution in [0.4, 0.5) is 0 Å². The molecule has 1 rings (SSSR count). The molecule has 0 saturated heterocycles. The summed E-state index contributed by atoms with van der Waals surface area (Å²) in [5.74, 6) is -0.288. The first-order chi connectivity index (χ1) is 6.29. The van der Waals surface area contributed by atoms with Crippen molar-refractivity contribution < 1.29 is 4.79 Å². The number of hydrogen-bond acceptors (Lipinski definition) is 1. The number of allylic oxidation sites excluding steroid dienone is 1. The normalized spacial score (nSPS) is 10.5. The molecular weight excluding hydrogens is 162 g/mol. The highest BCUT2D eigenvalue weighted by Crippen LogP contribution is 2.00. The van der Waals surface area contributed by atoms with Crippen molar-refractivity contribution in [2.75, 3.05) is 0 Å².